The summed E-state index contributed by atoms with van der Waals surface area (Å²) in [7, 11) is -2.89. The van der Waals surface area contributed by atoms with E-state index in [1.165, 1.54) is 11.6 Å². The molecule has 0 N–H and O–H groups in total. The van der Waals surface area contributed by atoms with Crippen molar-refractivity contribution in [2.24, 2.45) is 9.85 Å². The van der Waals surface area contributed by atoms with E-state index < -0.39 is 7.36 Å². The third kappa shape index (κ3) is 4.60. The van der Waals surface area contributed by atoms with Crippen molar-refractivity contribution in [3.63, 3.8) is 0 Å². The van der Waals surface area contributed by atoms with E-state index in [9.17, 15) is 10.1 Å². The number of non-ortho nitro benzene ring substituents is 1. The van der Waals surface area contributed by atoms with Crippen LogP contribution in [0.4, 0.5) is 17.1 Å². The van der Waals surface area contributed by atoms with Crippen LogP contribution in [0, 0.1) is 37.8 Å². The van der Waals surface area contributed by atoms with Crippen molar-refractivity contribution >= 4 is 35.9 Å². The summed E-state index contributed by atoms with van der Waals surface area (Å²) in [6.45, 7) is 10.8. The highest BCUT2D eigenvalue weighted by Gasteiger charge is 2.45. The monoisotopic (exact) mass is 568 g/mol. The molecule has 3 aromatic carbocycles. The predicted molar refractivity (Wildman–Crippen MR) is 165 cm³/mol. The molecular weight excluding hydrogens is 535 g/mol. The van der Waals surface area contributed by atoms with Gasteiger partial charge in [0.25, 0.3) is 5.69 Å². The van der Waals surface area contributed by atoms with Crippen LogP contribution in [-0.2, 0) is 4.74 Å². The van der Waals surface area contributed by atoms with E-state index in [1.54, 1.807) is 12.1 Å². The molecule has 210 valence electrons. The zero-order valence-electron chi connectivity index (χ0n) is 23.7. The highest BCUT2D eigenvalue weighted by molar-refractivity contribution is 7.73. The summed E-state index contributed by atoms with van der Waals surface area (Å²) >= 11 is 0. The first-order chi connectivity index (χ1) is 19.8. The molecule has 2 aliphatic rings. The zero-order chi connectivity index (χ0) is 28.7. The molecule has 2 aliphatic heterocycles. The number of morpholine rings is 1. The van der Waals surface area contributed by atoms with Gasteiger partial charge in [-0.25, -0.2) is 14.2 Å². The zero-order valence-corrected chi connectivity index (χ0v) is 24.6. The number of benzene rings is 3. The number of nitro benzene ring substituents is 1. The number of ether oxygens (including phenoxy) is 1. The van der Waals surface area contributed by atoms with Crippen LogP contribution in [0.3, 0.4) is 0 Å². The molecule has 0 aliphatic carbocycles. The minimum absolute atomic E-state index is 0.0200. The van der Waals surface area contributed by atoms with E-state index in [2.05, 4.69) is 59.1 Å². The summed E-state index contributed by atoms with van der Waals surface area (Å²) < 4.78 is 18.2. The predicted octanol–water partition coefficient (Wildman–Crippen LogP) is 6.79. The van der Waals surface area contributed by atoms with E-state index in [0.29, 0.717) is 32.0 Å². The van der Waals surface area contributed by atoms with Crippen molar-refractivity contribution in [3.05, 3.63) is 111 Å². The van der Waals surface area contributed by atoms with Gasteiger partial charge in [0.15, 0.2) is 7.36 Å². The van der Waals surface area contributed by atoms with Gasteiger partial charge in [-0.2, -0.15) is 5.10 Å². The first kappa shape index (κ1) is 27.1. The summed E-state index contributed by atoms with van der Waals surface area (Å²) in [5, 5.41) is 18.0. The van der Waals surface area contributed by atoms with Crippen LogP contribution in [0.15, 0.2) is 82.6 Å². The molecule has 9 nitrogen and oxygen atoms in total. The number of hydrazone groups is 1. The Hall–Kier alpha value is -4.04. The molecule has 3 heterocycles. The molecule has 1 saturated heterocycles. The number of hydrogen-bond donors (Lipinski definition) is 0. The quantitative estimate of drug-likeness (QED) is 0.150. The fourth-order valence-electron chi connectivity index (χ4n) is 5.75. The summed E-state index contributed by atoms with van der Waals surface area (Å²) in [6, 6.07) is 23.5. The van der Waals surface area contributed by atoms with Crippen molar-refractivity contribution in [1.29, 1.82) is 0 Å². The lowest BCUT2D eigenvalue weighted by Gasteiger charge is -2.45. The van der Waals surface area contributed by atoms with Crippen LogP contribution in [0.1, 0.15) is 28.1 Å². The maximum atomic E-state index is 11.8. The minimum atomic E-state index is -2.89. The lowest BCUT2D eigenvalue weighted by molar-refractivity contribution is -0.384. The van der Waals surface area contributed by atoms with Gasteiger partial charge >= 0.3 is 0 Å². The standard InChI is InChI=1S/C31H33N6O3P/c1-22-10-13-26(14-11-22)35-24(3)29-21-32-36(27-8-6-5-7-9-27)41(31(29)25(35)4,34-16-18-40-19-17-34)33-30-20-28(37(38)39)15-12-23(30)2/h5-15,20-21H,16-19H2,1-4H3/t41-/m0/s1. The van der Waals surface area contributed by atoms with Gasteiger partial charge in [-0.3, -0.25) is 10.1 Å². The van der Waals surface area contributed by atoms with Crippen LogP contribution >= 0.6 is 7.36 Å². The number of aromatic nitrogens is 1. The van der Waals surface area contributed by atoms with Crippen molar-refractivity contribution in [2.45, 2.75) is 27.7 Å². The smallest absolute Gasteiger partial charge is 0.271 e. The summed E-state index contributed by atoms with van der Waals surface area (Å²) in [5.41, 5.74) is 7.90. The Morgan fingerprint density at radius 3 is 2.29 bits per heavy atom. The molecule has 0 unspecified atom stereocenters. The van der Waals surface area contributed by atoms with E-state index in [4.69, 9.17) is 14.6 Å². The molecule has 4 aromatic rings. The van der Waals surface area contributed by atoms with Crippen LogP contribution in [0.5, 0.6) is 0 Å². The van der Waals surface area contributed by atoms with Gasteiger partial charge in [-0.1, -0.05) is 42.0 Å². The average molecular weight is 569 g/mol. The molecule has 1 fully saturated rings. The maximum absolute atomic E-state index is 11.8. The van der Waals surface area contributed by atoms with Crippen LogP contribution in [0.25, 0.3) is 5.69 Å². The van der Waals surface area contributed by atoms with Gasteiger partial charge in [0.1, 0.15) is 0 Å². The Morgan fingerprint density at radius 2 is 1.61 bits per heavy atom. The number of fused-ring (bicyclic) bond motifs is 1. The van der Waals surface area contributed by atoms with Gasteiger partial charge in [0, 0.05) is 47.9 Å². The first-order valence-electron chi connectivity index (χ1n) is 13.7. The van der Waals surface area contributed by atoms with Gasteiger partial charge in [-0.05, 0) is 57.5 Å². The molecule has 41 heavy (non-hydrogen) atoms. The van der Waals surface area contributed by atoms with Crippen molar-refractivity contribution in [3.8, 4) is 5.69 Å². The van der Waals surface area contributed by atoms with Gasteiger partial charge in [0.2, 0.25) is 0 Å². The Balaban J connectivity index is 1.73. The van der Waals surface area contributed by atoms with Crippen molar-refractivity contribution in [2.75, 3.05) is 31.1 Å². The van der Waals surface area contributed by atoms with Crippen LogP contribution < -0.4 is 10.1 Å². The van der Waals surface area contributed by atoms with Gasteiger partial charge in [0.05, 0.1) is 41.0 Å². The molecule has 1 atom stereocenters. The molecule has 0 amide bonds. The number of nitro groups is 1. The molecule has 0 bridgehead atoms. The van der Waals surface area contributed by atoms with Gasteiger partial charge in [-0.15, -0.1) is 0 Å². The van der Waals surface area contributed by atoms with Crippen molar-refractivity contribution < 1.29 is 9.66 Å². The second-order valence-corrected chi connectivity index (χ2v) is 13.2. The summed E-state index contributed by atoms with van der Waals surface area (Å²) in [4.78, 5) is 11.5. The topological polar surface area (TPSA) is 88.5 Å². The largest absolute Gasteiger partial charge is 0.379 e. The van der Waals surface area contributed by atoms with Gasteiger partial charge < -0.3 is 9.30 Å². The highest BCUT2D eigenvalue weighted by atomic mass is 31.2. The Labute approximate surface area is 240 Å². The van der Waals surface area contributed by atoms with E-state index >= 15 is 0 Å². The van der Waals surface area contributed by atoms with E-state index in [1.807, 2.05) is 43.5 Å². The lowest BCUT2D eigenvalue weighted by Crippen LogP contribution is -2.44. The number of para-hydroxylation sites is 1. The fraction of sp³-hybridized carbons (Fsp3) is 0.258. The minimum Gasteiger partial charge on any atom is -0.379 e. The molecule has 0 spiro atoms. The molecule has 0 saturated carbocycles. The molecule has 1 aromatic heterocycles. The molecule has 10 heteroatoms. The number of nitrogens with zero attached hydrogens (tertiary/aromatic N) is 6. The van der Waals surface area contributed by atoms with Crippen LogP contribution in [0.2, 0.25) is 0 Å². The third-order valence-corrected chi connectivity index (χ3v) is 11.5. The number of rotatable bonds is 5. The first-order valence-corrected chi connectivity index (χ1v) is 15.4. The fourth-order valence-corrected chi connectivity index (χ4v) is 9.73. The summed E-state index contributed by atoms with van der Waals surface area (Å²) in [6.07, 6.45) is 1.95. The van der Waals surface area contributed by atoms with Crippen LogP contribution in [-0.4, -0.2) is 46.7 Å². The number of anilines is 1. The second kappa shape index (κ2) is 10.7. The maximum Gasteiger partial charge on any atom is 0.271 e. The molecule has 0 radical (unpaired) electrons. The lowest BCUT2D eigenvalue weighted by atomic mass is 10.2. The Bertz CT molecular complexity index is 1710. The third-order valence-electron chi connectivity index (χ3n) is 7.83. The summed E-state index contributed by atoms with van der Waals surface area (Å²) in [5.74, 6) is 0. The number of hydrogen-bond acceptors (Lipinski definition) is 5. The average Bonchev–Trinajstić information content (AvgIpc) is 3.25. The molecular formula is C31H33N6O3P. The second-order valence-electron chi connectivity index (χ2n) is 10.4. The molecule has 6 rings (SSSR count). The highest BCUT2D eigenvalue weighted by Crippen LogP contribution is 2.62. The van der Waals surface area contributed by atoms with Crippen molar-refractivity contribution in [1.82, 2.24) is 9.24 Å². The number of aryl methyl sites for hydroxylation is 2. The normalized spacial score (nSPS) is 18.8. The van der Waals surface area contributed by atoms with E-state index in [0.717, 1.165) is 39.2 Å². The van der Waals surface area contributed by atoms with E-state index in [-0.39, 0.29) is 10.6 Å². The Morgan fingerprint density at radius 1 is 0.902 bits per heavy atom. The Kier molecular flexibility index (Phi) is 7.11. The SMILES string of the molecule is Cc1ccc(-n2c(C)c3c(c2C)[P@](=Nc2cc([N+](=O)[O-])ccc2C)(N2CCOCC2)N(c2ccccc2)N=C3)cc1.